The Morgan fingerprint density at radius 1 is 0.974 bits per heavy atom. The van der Waals surface area contributed by atoms with Crippen molar-refractivity contribution in [3.63, 3.8) is 0 Å². The van der Waals surface area contributed by atoms with Gasteiger partial charge in [-0.3, -0.25) is 9.59 Å². The summed E-state index contributed by atoms with van der Waals surface area (Å²) in [4.78, 5) is 29.3. The second-order valence-corrected chi connectivity index (χ2v) is 10.4. The van der Waals surface area contributed by atoms with E-state index in [0.717, 1.165) is 35.0 Å². The van der Waals surface area contributed by atoms with Crippen LogP contribution in [0.1, 0.15) is 10.4 Å². The Labute approximate surface area is 231 Å². The van der Waals surface area contributed by atoms with Crippen molar-refractivity contribution in [2.45, 2.75) is 5.22 Å². The molecule has 8 nitrogen and oxygen atoms in total. The number of thioether (sulfide) groups is 1. The van der Waals surface area contributed by atoms with Gasteiger partial charge in [-0.15, -0.1) is 10.2 Å². The fourth-order valence-corrected chi connectivity index (χ4v) is 5.02. The third-order valence-corrected chi connectivity index (χ3v) is 7.27. The largest absolute Gasteiger partial charge is 0.411 e. The lowest BCUT2D eigenvalue weighted by Gasteiger charge is -2.36. The molecule has 1 N–H and O–H groups in total. The highest BCUT2D eigenvalue weighted by atomic mass is 79.9. The second kappa shape index (κ2) is 11.8. The van der Waals surface area contributed by atoms with Gasteiger partial charge >= 0.3 is 0 Å². The lowest BCUT2D eigenvalue weighted by Crippen LogP contribution is -2.48. The molecule has 0 radical (unpaired) electrons. The van der Waals surface area contributed by atoms with Crippen LogP contribution in [0, 0.1) is 5.82 Å². The number of halogens is 2. The van der Waals surface area contributed by atoms with Crippen LogP contribution >= 0.6 is 27.7 Å². The van der Waals surface area contributed by atoms with E-state index in [0.29, 0.717) is 29.9 Å². The summed E-state index contributed by atoms with van der Waals surface area (Å²) in [5.41, 5.74) is 2.86. The first-order valence-corrected chi connectivity index (χ1v) is 13.6. The predicted octanol–water partition coefficient (Wildman–Crippen LogP) is 5.33. The molecule has 4 aromatic rings. The quantitative estimate of drug-likeness (QED) is 0.289. The Morgan fingerprint density at radius 3 is 2.47 bits per heavy atom. The summed E-state index contributed by atoms with van der Waals surface area (Å²) in [5.74, 6) is -0.295. The average Bonchev–Trinajstić information content (AvgIpc) is 3.41. The Hall–Kier alpha value is -3.70. The highest BCUT2D eigenvalue weighted by Gasteiger charge is 2.22. The van der Waals surface area contributed by atoms with Crippen LogP contribution in [0.5, 0.6) is 0 Å². The van der Waals surface area contributed by atoms with Crippen LogP contribution in [0.3, 0.4) is 0 Å². The minimum absolute atomic E-state index is 0.0348. The molecule has 11 heteroatoms. The zero-order valence-electron chi connectivity index (χ0n) is 20.1. The van der Waals surface area contributed by atoms with E-state index in [1.54, 1.807) is 12.1 Å². The Balaban J connectivity index is 1.09. The molecule has 0 aliphatic carbocycles. The van der Waals surface area contributed by atoms with E-state index < -0.39 is 5.82 Å². The lowest BCUT2D eigenvalue weighted by molar-refractivity contribution is -0.113. The summed E-state index contributed by atoms with van der Waals surface area (Å²) in [7, 11) is 0. The van der Waals surface area contributed by atoms with E-state index >= 15 is 0 Å². The zero-order valence-corrected chi connectivity index (χ0v) is 22.5. The van der Waals surface area contributed by atoms with Gasteiger partial charge in [0.25, 0.3) is 11.1 Å². The van der Waals surface area contributed by atoms with Crippen molar-refractivity contribution >= 4 is 50.9 Å². The van der Waals surface area contributed by atoms with Gasteiger partial charge in [0, 0.05) is 53.2 Å². The third kappa shape index (κ3) is 6.40. The van der Waals surface area contributed by atoms with Gasteiger partial charge in [0.2, 0.25) is 11.8 Å². The minimum Gasteiger partial charge on any atom is -0.411 e. The zero-order chi connectivity index (χ0) is 26.5. The van der Waals surface area contributed by atoms with Crippen LogP contribution in [0.15, 0.2) is 86.9 Å². The summed E-state index contributed by atoms with van der Waals surface area (Å²) < 4.78 is 19.8. The van der Waals surface area contributed by atoms with E-state index in [-0.39, 0.29) is 28.7 Å². The van der Waals surface area contributed by atoms with Crippen LogP contribution in [0.4, 0.5) is 15.8 Å². The molecular formula is C27H23BrFN5O3S. The first-order chi connectivity index (χ1) is 18.4. The smallest absolute Gasteiger partial charge is 0.277 e. The molecule has 1 aromatic heterocycles. The van der Waals surface area contributed by atoms with Crippen LogP contribution in [0.2, 0.25) is 0 Å². The summed E-state index contributed by atoms with van der Waals surface area (Å²) in [6.45, 7) is 2.73. The molecule has 38 heavy (non-hydrogen) atoms. The molecule has 2 amide bonds. The number of carbonyl (C=O) groups is 2. The molecule has 0 atom stereocenters. The Bertz CT molecular complexity index is 1440. The molecule has 1 aliphatic heterocycles. The summed E-state index contributed by atoms with van der Waals surface area (Å²) in [5, 5.41) is 10.9. The molecule has 0 spiro atoms. The first kappa shape index (κ1) is 25.9. The number of amides is 2. The number of hydrogen-bond acceptors (Lipinski definition) is 7. The summed E-state index contributed by atoms with van der Waals surface area (Å²) in [6, 6.07) is 20.9. The first-order valence-electron chi connectivity index (χ1n) is 11.9. The Kier molecular flexibility index (Phi) is 8.04. The normalized spacial score (nSPS) is 13.4. The number of anilines is 2. The van der Waals surface area contributed by atoms with Crippen LogP contribution in [-0.4, -0.2) is 58.8 Å². The molecule has 2 heterocycles. The van der Waals surface area contributed by atoms with Crippen molar-refractivity contribution in [3.05, 3.63) is 88.6 Å². The number of hydrogen-bond donors (Lipinski definition) is 1. The third-order valence-electron chi connectivity index (χ3n) is 5.96. The maximum absolute atomic E-state index is 13.4. The monoisotopic (exact) mass is 595 g/mol. The van der Waals surface area contributed by atoms with Gasteiger partial charge in [0.05, 0.1) is 5.75 Å². The van der Waals surface area contributed by atoms with E-state index in [2.05, 4.69) is 36.3 Å². The highest BCUT2D eigenvalue weighted by Crippen LogP contribution is 2.25. The fraction of sp³-hybridized carbons (Fsp3) is 0.185. The molecule has 194 valence electrons. The van der Waals surface area contributed by atoms with E-state index in [4.69, 9.17) is 4.42 Å². The van der Waals surface area contributed by atoms with Gasteiger partial charge < -0.3 is 19.5 Å². The SMILES string of the molecule is O=C(CSc1nnc(-c2cccc(F)c2)o1)Nc1ccc(N2CCN(C(=O)c3cccc(Br)c3)CC2)cc1. The van der Waals surface area contributed by atoms with Crippen molar-refractivity contribution in [1.82, 2.24) is 15.1 Å². The van der Waals surface area contributed by atoms with Crippen LogP contribution in [0.25, 0.3) is 11.5 Å². The fourth-order valence-electron chi connectivity index (χ4n) is 4.06. The average molecular weight is 596 g/mol. The highest BCUT2D eigenvalue weighted by molar-refractivity contribution is 9.10. The van der Waals surface area contributed by atoms with Gasteiger partial charge in [-0.1, -0.05) is 39.8 Å². The molecule has 5 rings (SSSR count). The maximum atomic E-state index is 13.4. The molecule has 3 aromatic carbocycles. The number of nitrogens with zero attached hydrogens (tertiary/aromatic N) is 4. The van der Waals surface area contributed by atoms with Gasteiger partial charge in [-0.25, -0.2) is 4.39 Å². The summed E-state index contributed by atoms with van der Waals surface area (Å²) >= 11 is 4.52. The number of nitrogens with one attached hydrogen (secondary N) is 1. The van der Waals surface area contributed by atoms with Crippen molar-refractivity contribution in [1.29, 1.82) is 0 Å². The molecular weight excluding hydrogens is 573 g/mol. The topological polar surface area (TPSA) is 91.6 Å². The standard InChI is InChI=1S/C27H23BrFN5O3S/c28-20-5-1-4-19(15-20)26(36)34-13-11-33(12-14-34)23-9-7-22(8-10-23)30-24(35)17-38-27-32-31-25(37-27)18-3-2-6-21(29)16-18/h1-10,15-16H,11-14,17H2,(H,30,35). The van der Waals surface area contributed by atoms with Crippen LogP contribution in [-0.2, 0) is 4.79 Å². The molecule has 1 fully saturated rings. The van der Waals surface area contributed by atoms with Gasteiger partial charge in [0.15, 0.2) is 0 Å². The Morgan fingerprint density at radius 2 is 1.74 bits per heavy atom. The maximum Gasteiger partial charge on any atom is 0.277 e. The number of piperazine rings is 1. The number of benzene rings is 3. The lowest BCUT2D eigenvalue weighted by atomic mass is 10.1. The van der Waals surface area contributed by atoms with E-state index in [1.165, 1.54) is 12.1 Å². The number of carbonyl (C=O) groups excluding carboxylic acids is 2. The number of rotatable bonds is 7. The van der Waals surface area contributed by atoms with Crippen LogP contribution < -0.4 is 10.2 Å². The molecule has 1 aliphatic rings. The van der Waals surface area contributed by atoms with Gasteiger partial charge in [-0.05, 0) is 60.7 Å². The minimum atomic E-state index is -0.394. The van der Waals surface area contributed by atoms with Crippen molar-refractivity contribution in [2.75, 3.05) is 42.1 Å². The van der Waals surface area contributed by atoms with E-state index in [1.807, 2.05) is 53.4 Å². The van der Waals surface area contributed by atoms with Gasteiger partial charge in [0.1, 0.15) is 5.82 Å². The van der Waals surface area contributed by atoms with Crippen molar-refractivity contribution < 1.29 is 18.4 Å². The molecule has 1 saturated heterocycles. The van der Waals surface area contributed by atoms with E-state index in [9.17, 15) is 14.0 Å². The predicted molar refractivity (Wildman–Crippen MR) is 148 cm³/mol. The number of aromatic nitrogens is 2. The van der Waals surface area contributed by atoms with Crippen molar-refractivity contribution in [2.24, 2.45) is 0 Å². The molecule has 0 unspecified atom stereocenters. The molecule has 0 bridgehead atoms. The molecule has 0 saturated carbocycles. The second-order valence-electron chi connectivity index (χ2n) is 8.56. The van der Waals surface area contributed by atoms with Crippen molar-refractivity contribution in [3.8, 4) is 11.5 Å². The summed E-state index contributed by atoms with van der Waals surface area (Å²) in [6.07, 6.45) is 0. The van der Waals surface area contributed by atoms with Gasteiger partial charge in [-0.2, -0.15) is 0 Å².